The van der Waals surface area contributed by atoms with Crippen molar-refractivity contribution in [3.63, 3.8) is 0 Å². The Morgan fingerprint density at radius 3 is 2.53 bits per heavy atom. The number of hydrogen-bond donors (Lipinski definition) is 0. The van der Waals surface area contributed by atoms with Crippen LogP contribution < -0.4 is 9.47 Å². The average Bonchev–Trinajstić information content (AvgIpc) is 3.07. The Kier molecular flexibility index (Phi) is 7.75. The summed E-state index contributed by atoms with van der Waals surface area (Å²) in [5.41, 5.74) is 0.405. The van der Waals surface area contributed by atoms with Crippen LogP contribution in [0.15, 0.2) is 18.2 Å². The van der Waals surface area contributed by atoms with Crippen LogP contribution in [0.25, 0.3) is 11.0 Å². The van der Waals surface area contributed by atoms with Gasteiger partial charge in [-0.3, -0.25) is 4.90 Å². The van der Waals surface area contributed by atoms with Crippen LogP contribution in [0.4, 0.5) is 4.79 Å². The van der Waals surface area contributed by atoms with Crippen LogP contribution in [-0.2, 0) is 14.3 Å². The minimum Gasteiger partial charge on any atom is -0.497 e. The number of benzene rings is 1. The van der Waals surface area contributed by atoms with Gasteiger partial charge in [0.25, 0.3) is 5.88 Å². The molecule has 1 saturated heterocycles. The second-order valence-corrected chi connectivity index (χ2v) is 10.1. The molecule has 1 aromatic carbocycles. The highest BCUT2D eigenvalue weighted by molar-refractivity contribution is 6.31. The van der Waals surface area contributed by atoms with E-state index in [-0.39, 0.29) is 30.1 Å². The molecule has 34 heavy (non-hydrogen) atoms. The van der Waals surface area contributed by atoms with Crippen molar-refractivity contribution in [2.75, 3.05) is 20.3 Å². The molecule has 0 radical (unpaired) electrons. The molecule has 1 aromatic heterocycles. The van der Waals surface area contributed by atoms with E-state index in [9.17, 15) is 9.59 Å². The molecule has 186 valence electrons. The lowest BCUT2D eigenvalue weighted by Gasteiger charge is -2.28. The molecule has 0 spiro atoms. The maximum Gasteiger partial charge on any atom is 0.411 e. The summed E-state index contributed by atoms with van der Waals surface area (Å²) in [6.45, 7) is 11.4. The first kappa shape index (κ1) is 25.8. The summed E-state index contributed by atoms with van der Waals surface area (Å²) in [6.07, 6.45) is -1.20. The zero-order valence-electron chi connectivity index (χ0n) is 20.6. The molecule has 0 N–H and O–H groups in total. The fraction of sp³-hybridized carbons (Fsp3) is 0.583. The summed E-state index contributed by atoms with van der Waals surface area (Å²) >= 11 is 6.35. The number of rotatable bonds is 6. The van der Waals surface area contributed by atoms with E-state index in [1.165, 1.54) is 4.90 Å². The predicted molar refractivity (Wildman–Crippen MR) is 127 cm³/mol. The quantitative estimate of drug-likeness (QED) is 0.542. The second-order valence-electron chi connectivity index (χ2n) is 9.79. The molecule has 3 atom stereocenters. The molecule has 1 amide bonds. The SMILES string of the molecule is COc1ccc2nc(Cl)c(OC3CN(C(=O)OC(C)(C)C)C(C(=O)OCC(C)C)C3C)nc2c1. The number of halogens is 1. The van der Waals surface area contributed by atoms with Gasteiger partial charge in [-0.1, -0.05) is 32.4 Å². The van der Waals surface area contributed by atoms with Gasteiger partial charge in [-0.15, -0.1) is 0 Å². The van der Waals surface area contributed by atoms with Crippen LogP contribution in [0.1, 0.15) is 41.5 Å². The van der Waals surface area contributed by atoms with Gasteiger partial charge in [0, 0.05) is 12.0 Å². The van der Waals surface area contributed by atoms with Crippen LogP contribution in [0.5, 0.6) is 11.6 Å². The normalized spacial score (nSPS) is 20.5. The number of carbonyl (C=O) groups is 2. The first-order chi connectivity index (χ1) is 15.9. The Labute approximate surface area is 204 Å². The van der Waals surface area contributed by atoms with E-state index in [0.717, 1.165) is 0 Å². The first-order valence-electron chi connectivity index (χ1n) is 11.2. The van der Waals surface area contributed by atoms with Crippen molar-refractivity contribution in [1.82, 2.24) is 14.9 Å². The van der Waals surface area contributed by atoms with E-state index in [4.69, 9.17) is 30.5 Å². The molecule has 1 fully saturated rings. The Morgan fingerprint density at radius 2 is 1.91 bits per heavy atom. The smallest absolute Gasteiger partial charge is 0.411 e. The Hall–Kier alpha value is -2.81. The van der Waals surface area contributed by atoms with Crippen molar-refractivity contribution in [3.05, 3.63) is 23.4 Å². The highest BCUT2D eigenvalue weighted by Crippen LogP contribution is 2.33. The maximum absolute atomic E-state index is 13.0. The maximum atomic E-state index is 13.0. The molecule has 3 unspecified atom stereocenters. The molecule has 10 heteroatoms. The summed E-state index contributed by atoms with van der Waals surface area (Å²) in [5.74, 6) is -0.0241. The van der Waals surface area contributed by atoms with Crippen LogP contribution in [-0.4, -0.2) is 64.9 Å². The Balaban J connectivity index is 1.88. The van der Waals surface area contributed by atoms with Gasteiger partial charge in [0.2, 0.25) is 0 Å². The molecular formula is C24H32ClN3O6. The Bertz CT molecular complexity index is 1050. The van der Waals surface area contributed by atoms with Crippen molar-refractivity contribution in [1.29, 1.82) is 0 Å². The van der Waals surface area contributed by atoms with Gasteiger partial charge in [0.1, 0.15) is 23.5 Å². The molecule has 0 bridgehead atoms. The number of nitrogens with zero attached hydrogens (tertiary/aromatic N) is 3. The number of esters is 1. The van der Waals surface area contributed by atoms with Crippen LogP contribution >= 0.6 is 11.6 Å². The third-order valence-electron chi connectivity index (χ3n) is 5.29. The van der Waals surface area contributed by atoms with Gasteiger partial charge < -0.3 is 18.9 Å². The molecule has 0 saturated carbocycles. The minimum atomic E-state index is -0.870. The molecule has 1 aliphatic heterocycles. The summed E-state index contributed by atoms with van der Waals surface area (Å²) < 4.78 is 22.4. The van der Waals surface area contributed by atoms with E-state index in [2.05, 4.69) is 9.97 Å². The first-order valence-corrected chi connectivity index (χ1v) is 11.6. The van der Waals surface area contributed by atoms with Crippen LogP contribution in [0, 0.1) is 11.8 Å². The third kappa shape index (κ3) is 6.00. The molecule has 2 heterocycles. The number of aromatic nitrogens is 2. The van der Waals surface area contributed by atoms with Crippen molar-refractivity contribution in [2.24, 2.45) is 11.8 Å². The van der Waals surface area contributed by atoms with Gasteiger partial charge in [0.05, 0.1) is 31.3 Å². The standard InChI is InChI=1S/C24H32ClN3O6/c1-13(2)12-32-22(29)19-14(3)18(11-28(19)23(30)34-24(4,5)6)33-21-20(25)26-16-9-8-15(31-7)10-17(16)27-21/h8-10,13-14,18-19H,11-12H2,1-7H3. The fourth-order valence-electron chi connectivity index (χ4n) is 3.63. The topological polar surface area (TPSA) is 100 Å². The lowest BCUT2D eigenvalue weighted by molar-refractivity contribution is -0.151. The van der Waals surface area contributed by atoms with Gasteiger partial charge in [0.15, 0.2) is 5.15 Å². The van der Waals surface area contributed by atoms with E-state index < -0.39 is 35.7 Å². The van der Waals surface area contributed by atoms with Crippen LogP contribution in [0.3, 0.4) is 0 Å². The van der Waals surface area contributed by atoms with Crippen molar-refractivity contribution < 1.29 is 28.5 Å². The number of methoxy groups -OCH3 is 1. The van der Waals surface area contributed by atoms with Gasteiger partial charge in [-0.05, 0) is 38.8 Å². The van der Waals surface area contributed by atoms with E-state index in [1.54, 1.807) is 46.1 Å². The average molecular weight is 494 g/mol. The molecule has 1 aliphatic rings. The van der Waals surface area contributed by atoms with Crippen molar-refractivity contribution in [2.45, 2.75) is 59.3 Å². The van der Waals surface area contributed by atoms with E-state index >= 15 is 0 Å². The third-order valence-corrected chi connectivity index (χ3v) is 5.53. The summed E-state index contributed by atoms with van der Waals surface area (Å²) in [5, 5.41) is 0.0829. The number of hydrogen-bond acceptors (Lipinski definition) is 8. The van der Waals surface area contributed by atoms with Gasteiger partial charge in [-0.25, -0.2) is 19.6 Å². The zero-order chi connectivity index (χ0) is 25.2. The molecule has 3 rings (SSSR count). The van der Waals surface area contributed by atoms with Crippen molar-refractivity contribution in [3.8, 4) is 11.6 Å². The number of likely N-dealkylation sites (tertiary alicyclic amines) is 1. The number of ether oxygens (including phenoxy) is 4. The largest absolute Gasteiger partial charge is 0.497 e. The monoisotopic (exact) mass is 493 g/mol. The lowest BCUT2D eigenvalue weighted by Crippen LogP contribution is -2.46. The van der Waals surface area contributed by atoms with E-state index in [0.29, 0.717) is 16.8 Å². The number of fused-ring (bicyclic) bond motifs is 1. The predicted octanol–water partition coefficient (Wildman–Crippen LogP) is 4.49. The lowest BCUT2D eigenvalue weighted by atomic mass is 10.0. The second kappa shape index (κ2) is 10.2. The van der Waals surface area contributed by atoms with Gasteiger partial charge >= 0.3 is 12.1 Å². The Morgan fingerprint density at radius 1 is 1.21 bits per heavy atom. The highest BCUT2D eigenvalue weighted by atomic mass is 35.5. The molecular weight excluding hydrogens is 462 g/mol. The molecule has 2 aromatic rings. The van der Waals surface area contributed by atoms with Gasteiger partial charge in [-0.2, -0.15) is 0 Å². The van der Waals surface area contributed by atoms with Crippen molar-refractivity contribution >= 4 is 34.7 Å². The summed E-state index contributed by atoms with van der Waals surface area (Å²) in [6, 6.07) is 4.37. The summed E-state index contributed by atoms with van der Waals surface area (Å²) in [4.78, 5) is 36.1. The zero-order valence-corrected chi connectivity index (χ0v) is 21.4. The van der Waals surface area contributed by atoms with Crippen LogP contribution in [0.2, 0.25) is 5.15 Å². The molecule has 9 nitrogen and oxygen atoms in total. The highest BCUT2D eigenvalue weighted by Gasteiger charge is 2.49. The fourth-order valence-corrected chi connectivity index (χ4v) is 3.81. The summed E-state index contributed by atoms with van der Waals surface area (Å²) in [7, 11) is 1.56. The molecule has 0 aliphatic carbocycles. The number of carbonyl (C=O) groups excluding carboxylic acids is 2. The number of amides is 1. The van der Waals surface area contributed by atoms with E-state index in [1.807, 2.05) is 20.8 Å². The minimum absolute atomic E-state index is 0.0829.